The average Bonchev–Trinajstić information content (AvgIpc) is 2.91. The van der Waals surface area contributed by atoms with Crippen LogP contribution in [0.5, 0.6) is 11.5 Å². The number of amides is 1. The topological polar surface area (TPSA) is 92.7 Å². The van der Waals surface area contributed by atoms with Gasteiger partial charge in [0.1, 0.15) is 18.0 Å². The summed E-state index contributed by atoms with van der Waals surface area (Å²) in [5.74, 6) is -0.396. The number of rotatable bonds is 9. The summed E-state index contributed by atoms with van der Waals surface area (Å²) >= 11 is 0. The summed E-state index contributed by atoms with van der Waals surface area (Å²) in [6.45, 7) is 3.17. The Kier molecular flexibility index (Phi) is 9.15. The van der Waals surface area contributed by atoms with Gasteiger partial charge in [0.05, 0.1) is 12.8 Å². The first-order valence-corrected chi connectivity index (χ1v) is 12.5. The first-order valence-electron chi connectivity index (χ1n) is 12.5. The number of hydrogen-bond donors (Lipinski definition) is 1. The Balaban J connectivity index is 1.41. The molecule has 0 bridgehead atoms. The minimum absolute atomic E-state index is 0.240. The summed E-state index contributed by atoms with van der Waals surface area (Å²) in [6, 6.07) is 8.91. The number of halogens is 6. The summed E-state index contributed by atoms with van der Waals surface area (Å²) in [4.78, 5) is 19.9. The zero-order valence-corrected chi connectivity index (χ0v) is 21.8. The van der Waals surface area contributed by atoms with Crippen LogP contribution in [0, 0.1) is 0 Å². The maximum absolute atomic E-state index is 13.0. The maximum atomic E-state index is 13.0. The number of piperazine rings is 1. The van der Waals surface area contributed by atoms with E-state index >= 15 is 0 Å². The number of anilines is 1. The Morgan fingerprint density at radius 3 is 2.29 bits per heavy atom. The second-order valence-electron chi connectivity index (χ2n) is 9.09. The van der Waals surface area contributed by atoms with Crippen LogP contribution in [-0.4, -0.2) is 77.9 Å². The second kappa shape index (κ2) is 12.6. The Hall–Kier alpha value is -4.14. The van der Waals surface area contributed by atoms with Gasteiger partial charge in [-0.05, 0) is 54.4 Å². The molecule has 2 aromatic heterocycles. The van der Waals surface area contributed by atoms with Crippen LogP contribution in [-0.2, 0) is 6.54 Å². The fraction of sp³-hybridized carbons (Fsp3) is 0.385. The Morgan fingerprint density at radius 2 is 1.66 bits per heavy atom. The van der Waals surface area contributed by atoms with Crippen molar-refractivity contribution in [1.29, 1.82) is 0 Å². The Labute approximate surface area is 231 Å². The third-order valence-corrected chi connectivity index (χ3v) is 5.99. The molecule has 1 aliphatic rings. The van der Waals surface area contributed by atoms with Gasteiger partial charge in [-0.1, -0.05) is 0 Å². The lowest BCUT2D eigenvalue weighted by atomic mass is 10.0. The van der Waals surface area contributed by atoms with E-state index in [-0.39, 0.29) is 11.4 Å². The zero-order valence-electron chi connectivity index (χ0n) is 21.8. The van der Waals surface area contributed by atoms with Crippen molar-refractivity contribution >= 4 is 11.7 Å². The van der Waals surface area contributed by atoms with E-state index in [0.717, 1.165) is 0 Å². The van der Waals surface area contributed by atoms with Crippen LogP contribution in [0.25, 0.3) is 11.1 Å². The maximum Gasteiger partial charge on any atom is 0.573 e. The lowest BCUT2D eigenvalue weighted by Gasteiger charge is -2.35. The molecule has 15 heteroatoms. The monoisotopic (exact) mass is 584 g/mol. The molecule has 4 rings (SSSR count). The van der Waals surface area contributed by atoms with Crippen LogP contribution in [0.1, 0.15) is 23.0 Å². The van der Waals surface area contributed by atoms with E-state index < -0.39 is 25.0 Å². The molecule has 0 radical (unpaired) electrons. The third kappa shape index (κ3) is 8.93. The highest BCUT2D eigenvalue weighted by Crippen LogP contribution is 2.31. The van der Waals surface area contributed by atoms with E-state index in [1.165, 1.54) is 36.7 Å². The highest BCUT2D eigenvalue weighted by molar-refractivity contribution is 5.92. The number of hydrogen-bond acceptors (Lipinski definition) is 8. The van der Waals surface area contributed by atoms with Crippen LogP contribution in [0.2, 0.25) is 0 Å². The highest BCUT2D eigenvalue weighted by atomic mass is 19.4. The number of benzene rings is 1. The van der Waals surface area contributed by atoms with Gasteiger partial charge in [-0.15, -0.1) is 23.4 Å². The minimum Gasteiger partial charge on any atom is -0.492 e. The van der Waals surface area contributed by atoms with E-state index in [0.29, 0.717) is 67.6 Å². The van der Waals surface area contributed by atoms with E-state index in [9.17, 15) is 31.1 Å². The number of carbonyl (C=O) groups is 1. The first kappa shape index (κ1) is 29.8. The van der Waals surface area contributed by atoms with Crippen LogP contribution >= 0.6 is 0 Å². The van der Waals surface area contributed by atoms with Crippen molar-refractivity contribution in [1.82, 2.24) is 25.4 Å². The average molecular weight is 585 g/mol. The molecule has 1 aliphatic heterocycles. The molecule has 0 saturated carbocycles. The van der Waals surface area contributed by atoms with Crippen LogP contribution in [0.4, 0.5) is 32.2 Å². The zero-order chi connectivity index (χ0) is 29.6. The van der Waals surface area contributed by atoms with E-state index in [1.54, 1.807) is 17.4 Å². The number of alkyl halides is 6. The number of pyridine rings is 1. The smallest absolute Gasteiger partial charge is 0.492 e. The SMILES string of the molecule is CCOc1cncc(-c2cc(CN3CCN(c4ccc(C(=O)NCC(F)(F)F)nn4)CC3)cc(OC(F)(F)F)c2)c1. The fourth-order valence-corrected chi connectivity index (χ4v) is 4.21. The number of nitrogens with zero attached hydrogens (tertiary/aromatic N) is 5. The Bertz CT molecular complexity index is 1330. The normalized spacial score (nSPS) is 14.6. The van der Waals surface area contributed by atoms with Gasteiger partial charge in [-0.2, -0.15) is 13.2 Å². The highest BCUT2D eigenvalue weighted by Gasteiger charge is 2.32. The summed E-state index contributed by atoms with van der Waals surface area (Å²) < 4.78 is 85.7. The van der Waals surface area contributed by atoms with Gasteiger partial charge in [-0.3, -0.25) is 14.7 Å². The predicted octanol–water partition coefficient (Wildman–Crippen LogP) is 4.45. The van der Waals surface area contributed by atoms with Crippen molar-refractivity contribution in [2.24, 2.45) is 0 Å². The third-order valence-electron chi connectivity index (χ3n) is 5.99. The summed E-state index contributed by atoms with van der Waals surface area (Å²) in [7, 11) is 0. The molecule has 9 nitrogen and oxygen atoms in total. The lowest BCUT2D eigenvalue weighted by molar-refractivity contribution is -0.274. The Morgan fingerprint density at radius 1 is 0.927 bits per heavy atom. The molecular formula is C26H26F6N6O3. The molecule has 3 aromatic rings. The van der Waals surface area contributed by atoms with Crippen molar-refractivity contribution in [3.8, 4) is 22.6 Å². The number of aromatic nitrogens is 3. The number of carbonyl (C=O) groups excluding carboxylic acids is 1. The molecule has 1 N–H and O–H groups in total. The molecule has 0 aliphatic carbocycles. The molecule has 1 fully saturated rings. The van der Waals surface area contributed by atoms with Crippen molar-refractivity contribution in [3.05, 3.63) is 60.0 Å². The molecule has 1 aromatic carbocycles. The molecule has 41 heavy (non-hydrogen) atoms. The lowest BCUT2D eigenvalue weighted by Crippen LogP contribution is -2.46. The van der Waals surface area contributed by atoms with Gasteiger partial charge in [-0.25, -0.2) is 0 Å². The quantitative estimate of drug-likeness (QED) is 0.369. The summed E-state index contributed by atoms with van der Waals surface area (Å²) in [5.41, 5.74) is 1.43. The molecule has 220 valence electrons. The van der Waals surface area contributed by atoms with Gasteiger partial charge in [0.2, 0.25) is 0 Å². The van der Waals surface area contributed by atoms with E-state index in [2.05, 4.69) is 19.9 Å². The molecular weight excluding hydrogens is 558 g/mol. The molecule has 0 unspecified atom stereocenters. The first-order chi connectivity index (χ1) is 19.4. The number of ether oxygens (including phenoxy) is 2. The van der Waals surface area contributed by atoms with Gasteiger partial charge in [0.25, 0.3) is 5.91 Å². The molecule has 0 spiro atoms. The van der Waals surface area contributed by atoms with Crippen molar-refractivity contribution < 1.29 is 40.6 Å². The molecule has 1 saturated heterocycles. The van der Waals surface area contributed by atoms with Crippen LogP contribution in [0.3, 0.4) is 0 Å². The molecule has 1 amide bonds. The van der Waals surface area contributed by atoms with Gasteiger partial charge >= 0.3 is 12.5 Å². The molecule has 0 atom stereocenters. The minimum atomic E-state index is -4.86. The summed E-state index contributed by atoms with van der Waals surface area (Å²) in [5, 5.41) is 9.43. The van der Waals surface area contributed by atoms with E-state index in [4.69, 9.17) is 4.74 Å². The van der Waals surface area contributed by atoms with Crippen molar-refractivity contribution in [3.63, 3.8) is 0 Å². The van der Waals surface area contributed by atoms with Gasteiger partial charge in [0.15, 0.2) is 11.5 Å². The van der Waals surface area contributed by atoms with E-state index in [1.807, 2.05) is 16.7 Å². The van der Waals surface area contributed by atoms with Crippen molar-refractivity contribution in [2.45, 2.75) is 26.0 Å². The standard InChI is InChI=1S/C26H26F6N6O3/c1-2-40-21-12-19(13-33-14-21)18-9-17(10-20(11-18)41-26(30,31)32)15-37-5-7-38(8-6-37)23-4-3-22(35-36-23)24(39)34-16-25(27,28)29/h3-4,9-14H,2,5-8,15-16H2,1H3,(H,34,39). The van der Waals surface area contributed by atoms with Gasteiger partial charge in [0, 0.05) is 44.5 Å². The second-order valence-corrected chi connectivity index (χ2v) is 9.09. The van der Waals surface area contributed by atoms with Crippen molar-refractivity contribution in [2.75, 3.05) is 44.2 Å². The van der Waals surface area contributed by atoms with Crippen LogP contribution < -0.4 is 19.7 Å². The summed E-state index contributed by atoms with van der Waals surface area (Å²) in [6.07, 6.45) is -6.35. The largest absolute Gasteiger partial charge is 0.573 e. The van der Waals surface area contributed by atoms with Crippen LogP contribution in [0.15, 0.2) is 48.8 Å². The number of nitrogens with one attached hydrogen (secondary N) is 1. The predicted molar refractivity (Wildman–Crippen MR) is 135 cm³/mol. The fourth-order valence-electron chi connectivity index (χ4n) is 4.21. The van der Waals surface area contributed by atoms with Gasteiger partial charge < -0.3 is 19.7 Å². The molecule has 3 heterocycles.